The van der Waals surface area contributed by atoms with Crippen LogP contribution < -0.4 is 10.6 Å². The number of hydrogen-bond donors (Lipinski definition) is 2. The Kier molecular flexibility index (Phi) is 6.63. The Morgan fingerprint density at radius 2 is 1.88 bits per heavy atom. The number of amides is 1. The molecule has 2 N–H and O–H groups in total. The van der Waals surface area contributed by atoms with Crippen LogP contribution in [0.2, 0.25) is 0 Å². The molecule has 0 aliphatic carbocycles. The molecule has 26 heavy (non-hydrogen) atoms. The second-order valence-electron chi connectivity index (χ2n) is 7.56. The van der Waals surface area contributed by atoms with Gasteiger partial charge in [0.1, 0.15) is 5.82 Å². The van der Waals surface area contributed by atoms with Crippen LogP contribution in [0.15, 0.2) is 6.07 Å². The van der Waals surface area contributed by atoms with Crippen LogP contribution in [0.3, 0.4) is 0 Å². The third-order valence-corrected chi connectivity index (χ3v) is 5.53. The molecule has 1 aromatic rings. The van der Waals surface area contributed by atoms with Crippen molar-refractivity contribution in [2.45, 2.75) is 46.6 Å². The molecule has 1 amide bonds. The fourth-order valence-electron chi connectivity index (χ4n) is 2.89. The lowest BCUT2D eigenvalue weighted by atomic mass is 10.0. The summed E-state index contributed by atoms with van der Waals surface area (Å²) in [7, 11) is -3.23. The molecule has 0 aromatic carbocycles. The van der Waals surface area contributed by atoms with E-state index in [-0.39, 0.29) is 11.9 Å². The topological polar surface area (TPSA) is 91.4 Å². The van der Waals surface area contributed by atoms with Gasteiger partial charge in [-0.1, -0.05) is 13.8 Å². The number of nitrogens with one attached hydrogen (secondary N) is 2. The number of aromatic nitrogens is 1. The third-order valence-electron chi connectivity index (χ3n) is 4.23. The lowest BCUT2D eigenvalue weighted by Crippen LogP contribution is -2.32. The van der Waals surface area contributed by atoms with E-state index in [0.29, 0.717) is 49.8 Å². The molecule has 0 saturated carbocycles. The lowest BCUT2D eigenvalue weighted by molar-refractivity contribution is 0.0943. The summed E-state index contributed by atoms with van der Waals surface area (Å²) in [5.74, 6) is 0.825. The Hall–Kier alpha value is -1.67. The molecule has 2 heterocycles. The quantitative estimate of drug-likeness (QED) is 0.781. The van der Waals surface area contributed by atoms with Crippen molar-refractivity contribution >= 4 is 21.7 Å². The summed E-state index contributed by atoms with van der Waals surface area (Å²) in [5, 5.41) is 6.19. The Morgan fingerprint density at radius 1 is 1.23 bits per heavy atom. The standard InChI is InChI=1S/C18H30N4O3S/c1-12(2)11-19-17-15(18(23)20-13(3)4)10-14-6-8-22(26(5,24)25)9-7-16(14)21-17/h10,12-13H,6-9,11H2,1-5H3,(H,19,21)(H,20,23). The van der Waals surface area contributed by atoms with Gasteiger partial charge >= 0.3 is 0 Å². The number of carbonyl (C=O) groups is 1. The van der Waals surface area contributed by atoms with Crippen LogP contribution in [0.4, 0.5) is 5.82 Å². The first-order valence-corrected chi connectivity index (χ1v) is 11.0. The number of carbonyl (C=O) groups excluding carboxylic acids is 1. The third kappa shape index (κ3) is 5.41. The summed E-state index contributed by atoms with van der Waals surface area (Å²) in [4.78, 5) is 17.3. The van der Waals surface area contributed by atoms with Crippen molar-refractivity contribution in [1.29, 1.82) is 0 Å². The van der Waals surface area contributed by atoms with E-state index in [1.807, 2.05) is 19.9 Å². The predicted molar refractivity (Wildman–Crippen MR) is 104 cm³/mol. The molecule has 0 fully saturated rings. The van der Waals surface area contributed by atoms with Crippen molar-refractivity contribution in [2.75, 3.05) is 31.2 Å². The van der Waals surface area contributed by atoms with Crippen molar-refractivity contribution in [2.24, 2.45) is 5.92 Å². The summed E-state index contributed by atoms with van der Waals surface area (Å²) < 4.78 is 25.2. The average molecular weight is 383 g/mol. The van der Waals surface area contributed by atoms with Gasteiger partial charge in [-0.2, -0.15) is 0 Å². The molecule has 1 aliphatic rings. The molecule has 0 saturated heterocycles. The van der Waals surface area contributed by atoms with Gasteiger partial charge in [-0.3, -0.25) is 4.79 Å². The fourth-order valence-corrected chi connectivity index (χ4v) is 3.74. The number of anilines is 1. The fraction of sp³-hybridized carbons (Fsp3) is 0.667. The van der Waals surface area contributed by atoms with E-state index in [0.717, 1.165) is 11.3 Å². The first kappa shape index (κ1) is 20.6. The molecule has 0 spiro atoms. The minimum Gasteiger partial charge on any atom is -0.369 e. The molecule has 0 atom stereocenters. The van der Waals surface area contributed by atoms with E-state index < -0.39 is 10.0 Å². The van der Waals surface area contributed by atoms with E-state index in [4.69, 9.17) is 4.98 Å². The molecular weight excluding hydrogens is 352 g/mol. The molecular formula is C18H30N4O3S. The maximum Gasteiger partial charge on any atom is 0.255 e. The van der Waals surface area contributed by atoms with E-state index in [1.54, 1.807) is 0 Å². The molecule has 1 aliphatic heterocycles. The van der Waals surface area contributed by atoms with Crippen LogP contribution in [-0.4, -0.2) is 55.5 Å². The number of hydrogen-bond acceptors (Lipinski definition) is 5. The smallest absolute Gasteiger partial charge is 0.255 e. The first-order chi connectivity index (χ1) is 12.1. The van der Waals surface area contributed by atoms with Gasteiger partial charge < -0.3 is 10.6 Å². The van der Waals surface area contributed by atoms with E-state index >= 15 is 0 Å². The zero-order valence-corrected chi connectivity index (χ0v) is 17.1. The summed E-state index contributed by atoms with van der Waals surface area (Å²) in [6.45, 7) is 9.56. The zero-order valence-electron chi connectivity index (χ0n) is 16.3. The highest BCUT2D eigenvalue weighted by molar-refractivity contribution is 7.88. The minimum atomic E-state index is -3.23. The van der Waals surface area contributed by atoms with Crippen molar-refractivity contribution in [3.63, 3.8) is 0 Å². The molecule has 0 unspecified atom stereocenters. The normalized spacial score (nSPS) is 15.7. The monoisotopic (exact) mass is 382 g/mol. The van der Waals surface area contributed by atoms with Gasteiger partial charge in [0.25, 0.3) is 5.91 Å². The van der Waals surface area contributed by atoms with Crippen LogP contribution >= 0.6 is 0 Å². The van der Waals surface area contributed by atoms with E-state index in [9.17, 15) is 13.2 Å². The van der Waals surface area contributed by atoms with Crippen LogP contribution in [0.25, 0.3) is 0 Å². The molecule has 146 valence electrons. The lowest BCUT2D eigenvalue weighted by Gasteiger charge is -2.17. The summed E-state index contributed by atoms with van der Waals surface area (Å²) in [6.07, 6.45) is 2.33. The Labute approximate surface area is 156 Å². The average Bonchev–Trinajstić information content (AvgIpc) is 2.72. The van der Waals surface area contributed by atoms with Gasteiger partial charge in [0.2, 0.25) is 10.0 Å². The van der Waals surface area contributed by atoms with Gasteiger partial charge in [0, 0.05) is 37.8 Å². The number of rotatable bonds is 6. The van der Waals surface area contributed by atoms with Crippen molar-refractivity contribution in [3.05, 3.63) is 22.9 Å². The van der Waals surface area contributed by atoms with Crippen LogP contribution in [-0.2, 0) is 22.9 Å². The zero-order chi connectivity index (χ0) is 19.5. The minimum absolute atomic E-state index is 0.0278. The van der Waals surface area contributed by atoms with E-state index in [2.05, 4.69) is 24.5 Å². The molecule has 7 nitrogen and oxygen atoms in total. The SMILES string of the molecule is CC(C)CNc1nc2c(cc1C(=O)NC(C)C)CCN(S(C)(=O)=O)CC2. The second kappa shape index (κ2) is 8.35. The maximum atomic E-state index is 12.6. The summed E-state index contributed by atoms with van der Waals surface area (Å²) in [5.41, 5.74) is 2.33. The highest BCUT2D eigenvalue weighted by Gasteiger charge is 2.24. The second-order valence-corrected chi connectivity index (χ2v) is 9.54. The molecule has 1 aromatic heterocycles. The number of pyridine rings is 1. The van der Waals surface area contributed by atoms with E-state index in [1.165, 1.54) is 10.6 Å². The van der Waals surface area contributed by atoms with Crippen LogP contribution in [0, 0.1) is 5.92 Å². The van der Waals surface area contributed by atoms with Crippen LogP contribution in [0.5, 0.6) is 0 Å². The van der Waals surface area contributed by atoms with Gasteiger partial charge in [-0.05, 0) is 37.8 Å². The number of fused-ring (bicyclic) bond motifs is 1. The number of nitrogens with zero attached hydrogens (tertiary/aromatic N) is 2. The highest BCUT2D eigenvalue weighted by atomic mass is 32.2. The molecule has 8 heteroatoms. The number of sulfonamides is 1. The van der Waals surface area contributed by atoms with Gasteiger partial charge in [0.15, 0.2) is 0 Å². The van der Waals surface area contributed by atoms with Gasteiger partial charge in [-0.15, -0.1) is 0 Å². The van der Waals surface area contributed by atoms with Gasteiger partial charge in [-0.25, -0.2) is 17.7 Å². The summed E-state index contributed by atoms with van der Waals surface area (Å²) in [6, 6.07) is 1.90. The summed E-state index contributed by atoms with van der Waals surface area (Å²) >= 11 is 0. The Balaban J connectivity index is 2.37. The van der Waals surface area contributed by atoms with Crippen molar-refractivity contribution < 1.29 is 13.2 Å². The molecule has 0 bridgehead atoms. The molecule has 0 radical (unpaired) electrons. The largest absolute Gasteiger partial charge is 0.369 e. The van der Waals surface area contributed by atoms with Crippen molar-refractivity contribution in [3.8, 4) is 0 Å². The van der Waals surface area contributed by atoms with Crippen molar-refractivity contribution in [1.82, 2.24) is 14.6 Å². The Morgan fingerprint density at radius 3 is 2.46 bits per heavy atom. The molecule has 2 rings (SSSR count). The first-order valence-electron chi connectivity index (χ1n) is 9.10. The van der Waals surface area contributed by atoms with Gasteiger partial charge in [0.05, 0.1) is 11.8 Å². The highest BCUT2D eigenvalue weighted by Crippen LogP contribution is 2.23. The Bertz CT molecular complexity index is 760. The van der Waals surface area contributed by atoms with Crippen LogP contribution in [0.1, 0.15) is 49.3 Å². The maximum absolute atomic E-state index is 12.6. The predicted octanol–water partition coefficient (Wildman–Crippen LogP) is 1.65.